The number of aromatic nitrogens is 3. The number of hydrogen-bond acceptors (Lipinski definition) is 4. The van der Waals surface area contributed by atoms with Crippen LogP contribution >= 0.6 is 11.3 Å². The number of imidazole rings is 1. The third-order valence-corrected chi connectivity index (χ3v) is 4.13. The van der Waals surface area contributed by atoms with E-state index in [4.69, 9.17) is 0 Å². The zero-order chi connectivity index (χ0) is 13.0. The van der Waals surface area contributed by atoms with Crippen LogP contribution in [0.4, 0.5) is 0 Å². The van der Waals surface area contributed by atoms with E-state index in [2.05, 4.69) is 40.6 Å². The van der Waals surface area contributed by atoms with Crippen molar-refractivity contribution in [3.8, 4) is 10.7 Å². The maximum absolute atomic E-state index is 4.51. The fourth-order valence-electron chi connectivity index (χ4n) is 1.82. The fourth-order valence-corrected chi connectivity index (χ4v) is 2.79. The SMILES string of the molecule is CCCNC(C)c1cnc(-c2cncn2CC)s1. The van der Waals surface area contributed by atoms with Crippen LogP contribution in [0.2, 0.25) is 0 Å². The Balaban J connectivity index is 2.15. The Bertz CT molecular complexity index is 489. The highest BCUT2D eigenvalue weighted by atomic mass is 32.1. The topological polar surface area (TPSA) is 42.7 Å². The first-order chi connectivity index (χ1) is 8.76. The maximum Gasteiger partial charge on any atom is 0.141 e. The second-order valence-corrected chi connectivity index (χ2v) is 5.37. The summed E-state index contributed by atoms with van der Waals surface area (Å²) in [7, 11) is 0. The van der Waals surface area contributed by atoms with Crippen LogP contribution < -0.4 is 5.32 Å². The molecule has 18 heavy (non-hydrogen) atoms. The van der Waals surface area contributed by atoms with Gasteiger partial charge in [-0.05, 0) is 26.8 Å². The van der Waals surface area contributed by atoms with Gasteiger partial charge in [0.25, 0.3) is 0 Å². The summed E-state index contributed by atoms with van der Waals surface area (Å²) in [5, 5.41) is 4.53. The highest BCUT2D eigenvalue weighted by Gasteiger charge is 2.12. The van der Waals surface area contributed by atoms with Crippen LogP contribution in [0.25, 0.3) is 10.7 Å². The molecule has 2 aromatic heterocycles. The van der Waals surface area contributed by atoms with Crippen molar-refractivity contribution in [2.45, 2.75) is 39.8 Å². The molecule has 0 saturated heterocycles. The van der Waals surface area contributed by atoms with Crippen molar-refractivity contribution in [2.24, 2.45) is 0 Å². The fraction of sp³-hybridized carbons (Fsp3) is 0.538. The lowest BCUT2D eigenvalue weighted by Crippen LogP contribution is -2.18. The van der Waals surface area contributed by atoms with Gasteiger partial charge < -0.3 is 9.88 Å². The molecule has 0 aliphatic heterocycles. The van der Waals surface area contributed by atoms with Gasteiger partial charge in [-0.2, -0.15) is 0 Å². The van der Waals surface area contributed by atoms with Gasteiger partial charge in [-0.15, -0.1) is 11.3 Å². The largest absolute Gasteiger partial charge is 0.329 e. The summed E-state index contributed by atoms with van der Waals surface area (Å²) in [6, 6.07) is 0.370. The zero-order valence-electron chi connectivity index (χ0n) is 11.2. The lowest BCUT2D eigenvalue weighted by Gasteiger charge is -2.09. The van der Waals surface area contributed by atoms with E-state index in [0.29, 0.717) is 6.04 Å². The maximum atomic E-state index is 4.51. The van der Waals surface area contributed by atoms with Crippen LogP contribution in [0.1, 0.15) is 38.1 Å². The molecule has 98 valence electrons. The first-order valence-corrected chi connectivity index (χ1v) is 7.27. The minimum Gasteiger partial charge on any atom is -0.329 e. The highest BCUT2D eigenvalue weighted by molar-refractivity contribution is 7.15. The van der Waals surface area contributed by atoms with Gasteiger partial charge in [0.1, 0.15) is 5.01 Å². The number of nitrogens with zero attached hydrogens (tertiary/aromatic N) is 3. The molecule has 5 heteroatoms. The predicted octanol–water partition coefficient (Wildman–Crippen LogP) is 3.09. The van der Waals surface area contributed by atoms with Crippen LogP contribution in [0.3, 0.4) is 0 Å². The molecule has 1 unspecified atom stereocenters. The third kappa shape index (κ3) is 2.79. The molecule has 0 saturated carbocycles. The molecule has 2 heterocycles. The van der Waals surface area contributed by atoms with E-state index in [1.54, 1.807) is 11.3 Å². The van der Waals surface area contributed by atoms with Gasteiger partial charge >= 0.3 is 0 Å². The van der Waals surface area contributed by atoms with E-state index < -0.39 is 0 Å². The van der Waals surface area contributed by atoms with Crippen molar-refractivity contribution in [3.05, 3.63) is 23.6 Å². The Morgan fingerprint density at radius 2 is 2.22 bits per heavy atom. The lowest BCUT2D eigenvalue weighted by atomic mass is 10.3. The molecule has 0 aliphatic rings. The van der Waals surface area contributed by atoms with Gasteiger partial charge in [-0.1, -0.05) is 6.92 Å². The Morgan fingerprint density at radius 1 is 1.39 bits per heavy atom. The second kappa shape index (κ2) is 6.11. The molecule has 2 aromatic rings. The van der Waals surface area contributed by atoms with Crippen LogP contribution in [0.5, 0.6) is 0 Å². The Kier molecular flexibility index (Phi) is 4.49. The van der Waals surface area contributed by atoms with E-state index in [9.17, 15) is 0 Å². The van der Waals surface area contributed by atoms with E-state index in [-0.39, 0.29) is 0 Å². The molecule has 0 radical (unpaired) electrons. The van der Waals surface area contributed by atoms with Crippen molar-refractivity contribution in [1.82, 2.24) is 19.9 Å². The van der Waals surface area contributed by atoms with E-state index in [0.717, 1.165) is 30.2 Å². The number of aryl methyl sites for hydroxylation is 1. The normalized spacial score (nSPS) is 12.8. The lowest BCUT2D eigenvalue weighted by molar-refractivity contribution is 0.577. The van der Waals surface area contributed by atoms with E-state index >= 15 is 0 Å². The summed E-state index contributed by atoms with van der Waals surface area (Å²) >= 11 is 1.74. The van der Waals surface area contributed by atoms with Crippen LogP contribution in [0.15, 0.2) is 18.7 Å². The minimum atomic E-state index is 0.370. The molecular weight excluding hydrogens is 244 g/mol. The zero-order valence-corrected chi connectivity index (χ0v) is 12.0. The molecule has 2 rings (SSSR count). The Hall–Kier alpha value is -1.20. The summed E-state index contributed by atoms with van der Waals surface area (Å²) in [6.07, 6.45) is 6.87. The smallest absolute Gasteiger partial charge is 0.141 e. The second-order valence-electron chi connectivity index (χ2n) is 4.31. The van der Waals surface area contributed by atoms with Gasteiger partial charge in [0.15, 0.2) is 0 Å². The number of rotatable bonds is 6. The standard InChI is InChI=1S/C13H20N4S/c1-4-6-15-10(3)12-8-16-13(18-12)11-7-14-9-17(11)5-2/h7-10,15H,4-6H2,1-3H3. The quantitative estimate of drug-likeness (QED) is 0.872. The van der Waals surface area contributed by atoms with Crippen molar-refractivity contribution in [3.63, 3.8) is 0 Å². The van der Waals surface area contributed by atoms with E-state index in [1.165, 1.54) is 4.88 Å². The highest BCUT2D eigenvalue weighted by Crippen LogP contribution is 2.28. The molecule has 1 N–H and O–H groups in total. The summed E-state index contributed by atoms with van der Waals surface area (Å²) in [6.45, 7) is 8.45. The van der Waals surface area contributed by atoms with Crippen molar-refractivity contribution in [2.75, 3.05) is 6.54 Å². The molecule has 0 aromatic carbocycles. The molecular formula is C13H20N4S. The molecule has 0 fully saturated rings. The molecule has 4 nitrogen and oxygen atoms in total. The summed E-state index contributed by atoms with van der Waals surface area (Å²) in [4.78, 5) is 9.98. The van der Waals surface area contributed by atoms with Gasteiger partial charge in [0, 0.05) is 23.7 Å². The molecule has 0 amide bonds. The van der Waals surface area contributed by atoms with E-state index in [1.807, 2.05) is 18.7 Å². The van der Waals surface area contributed by atoms with Crippen LogP contribution in [-0.2, 0) is 6.54 Å². The van der Waals surface area contributed by atoms with Gasteiger partial charge in [-0.25, -0.2) is 9.97 Å². The summed E-state index contributed by atoms with van der Waals surface area (Å²) in [5.74, 6) is 0. The Morgan fingerprint density at radius 3 is 2.94 bits per heavy atom. The number of thiazole rings is 1. The predicted molar refractivity (Wildman–Crippen MR) is 75.7 cm³/mol. The summed E-state index contributed by atoms with van der Waals surface area (Å²) < 4.78 is 2.12. The summed E-state index contributed by atoms with van der Waals surface area (Å²) in [5.41, 5.74) is 1.11. The molecule has 1 atom stereocenters. The van der Waals surface area contributed by atoms with Crippen LogP contribution in [0, 0.1) is 0 Å². The first-order valence-electron chi connectivity index (χ1n) is 6.45. The first kappa shape index (κ1) is 13.2. The average molecular weight is 264 g/mol. The molecule has 0 aliphatic carbocycles. The number of hydrogen-bond donors (Lipinski definition) is 1. The average Bonchev–Trinajstić information content (AvgIpc) is 3.02. The van der Waals surface area contributed by atoms with Crippen molar-refractivity contribution in [1.29, 1.82) is 0 Å². The third-order valence-electron chi connectivity index (χ3n) is 2.92. The van der Waals surface area contributed by atoms with Gasteiger partial charge in [-0.3, -0.25) is 0 Å². The van der Waals surface area contributed by atoms with Crippen LogP contribution in [-0.4, -0.2) is 21.1 Å². The number of nitrogens with one attached hydrogen (secondary N) is 1. The monoisotopic (exact) mass is 264 g/mol. The van der Waals surface area contributed by atoms with Crippen molar-refractivity contribution >= 4 is 11.3 Å². The Labute approximate surface area is 112 Å². The van der Waals surface area contributed by atoms with Gasteiger partial charge in [0.2, 0.25) is 0 Å². The molecule has 0 spiro atoms. The van der Waals surface area contributed by atoms with Gasteiger partial charge in [0.05, 0.1) is 18.2 Å². The minimum absolute atomic E-state index is 0.370. The van der Waals surface area contributed by atoms with Crippen molar-refractivity contribution < 1.29 is 0 Å². The molecule has 0 bridgehead atoms.